The van der Waals surface area contributed by atoms with Crippen LogP contribution in [0, 0.1) is 11.3 Å². The minimum atomic E-state index is -3.70. The Kier molecular flexibility index (Phi) is 11.2. The Bertz CT molecular complexity index is 1420. The van der Waals surface area contributed by atoms with Crippen LogP contribution in [-0.4, -0.2) is 45.5 Å². The molecule has 0 radical (unpaired) electrons. The number of nitrogens with zero attached hydrogens (tertiary/aromatic N) is 1. The van der Waals surface area contributed by atoms with Crippen molar-refractivity contribution >= 4 is 50.5 Å². The van der Waals surface area contributed by atoms with Crippen LogP contribution in [0.25, 0.3) is 0 Å². The van der Waals surface area contributed by atoms with Gasteiger partial charge in [0.25, 0.3) is 0 Å². The molecule has 2 aromatic rings. The number of unbranched alkanes of at least 4 members (excludes halogenated alkanes) is 1. The zero-order chi connectivity index (χ0) is 31.0. The number of nitrogens with one attached hydrogen (secondary N) is 1. The van der Waals surface area contributed by atoms with E-state index in [0.29, 0.717) is 24.4 Å². The SMILES string of the molecule is CCCCC1(CC)CN(c2ccc(NC(=O)C3CCCC3)cc2)c2cc(SC)c(O/C=C/C(=O)OCC)cc2S(=O)(=O)C1. The molecule has 0 aromatic heterocycles. The van der Waals surface area contributed by atoms with Gasteiger partial charge in [0, 0.05) is 35.3 Å². The van der Waals surface area contributed by atoms with Crippen LogP contribution < -0.4 is 15.0 Å². The van der Waals surface area contributed by atoms with E-state index in [0.717, 1.165) is 61.2 Å². The molecule has 8 nitrogen and oxygen atoms in total. The Balaban J connectivity index is 1.75. The minimum absolute atomic E-state index is 0.0340. The smallest absolute Gasteiger partial charge is 0.333 e. The van der Waals surface area contributed by atoms with Crippen LogP contribution in [0.5, 0.6) is 5.75 Å². The fourth-order valence-corrected chi connectivity index (χ4v) is 8.74. The van der Waals surface area contributed by atoms with E-state index < -0.39 is 21.2 Å². The molecule has 1 aliphatic heterocycles. The number of amides is 1. The maximum atomic E-state index is 14.1. The summed E-state index contributed by atoms with van der Waals surface area (Å²) in [6.07, 6.45) is 11.8. The van der Waals surface area contributed by atoms with Crippen LogP contribution in [0.2, 0.25) is 0 Å². The second kappa shape index (κ2) is 14.7. The summed E-state index contributed by atoms with van der Waals surface area (Å²) in [6.45, 7) is 6.71. The standard InChI is InChI=1S/C33H44N2O6S2/c1-5-8-18-33(6-2)22-35(26-15-13-25(14-16-26)34-32(37)24-11-9-10-12-24)27-20-29(42-4)28(21-30(27)43(38,39)23-33)41-19-17-31(36)40-7-3/h13-17,19-21,24H,5-12,18,22-23H2,1-4H3,(H,34,37)/b19-17+. The van der Waals surface area contributed by atoms with Gasteiger partial charge in [-0.3, -0.25) is 4.79 Å². The van der Waals surface area contributed by atoms with E-state index in [1.165, 1.54) is 24.1 Å². The molecule has 2 aromatic carbocycles. The first-order chi connectivity index (χ1) is 20.6. The van der Waals surface area contributed by atoms with Crippen molar-refractivity contribution in [2.24, 2.45) is 11.3 Å². The largest absolute Gasteiger partial charge is 0.464 e. The Morgan fingerprint density at radius 1 is 1.12 bits per heavy atom. The van der Waals surface area contributed by atoms with Crippen molar-refractivity contribution in [2.75, 3.05) is 35.4 Å². The number of anilines is 3. The molecule has 1 N–H and O–H groups in total. The van der Waals surface area contributed by atoms with Crippen LogP contribution in [0.3, 0.4) is 0 Å². The molecule has 234 valence electrons. The summed E-state index contributed by atoms with van der Waals surface area (Å²) < 4.78 is 38.9. The van der Waals surface area contributed by atoms with Crippen molar-refractivity contribution < 1.29 is 27.5 Å². The number of fused-ring (bicyclic) bond motifs is 1. The summed E-state index contributed by atoms with van der Waals surface area (Å²) in [5, 5.41) is 3.06. The summed E-state index contributed by atoms with van der Waals surface area (Å²) in [5.74, 6) is -0.00682. The number of hydrogen-bond acceptors (Lipinski definition) is 8. The number of esters is 1. The van der Waals surface area contributed by atoms with Crippen LogP contribution in [0.15, 0.2) is 58.5 Å². The maximum absolute atomic E-state index is 14.1. The molecule has 1 aliphatic carbocycles. The Morgan fingerprint density at radius 3 is 2.47 bits per heavy atom. The quantitative estimate of drug-likeness (QED) is 0.112. The lowest BCUT2D eigenvalue weighted by molar-refractivity contribution is -0.137. The number of rotatable bonds is 12. The van der Waals surface area contributed by atoms with Gasteiger partial charge in [-0.05, 0) is 69.2 Å². The highest BCUT2D eigenvalue weighted by atomic mass is 32.2. The van der Waals surface area contributed by atoms with Gasteiger partial charge in [0.2, 0.25) is 5.91 Å². The number of ether oxygens (including phenoxy) is 2. The normalized spacial score (nSPS) is 20.0. The van der Waals surface area contributed by atoms with Gasteiger partial charge in [0.05, 0.1) is 40.2 Å². The van der Waals surface area contributed by atoms with Crippen molar-refractivity contribution in [2.45, 2.75) is 81.9 Å². The second-order valence-corrected chi connectivity index (χ2v) is 14.3. The molecule has 1 fully saturated rings. The molecular weight excluding hydrogens is 585 g/mol. The van der Waals surface area contributed by atoms with Crippen LogP contribution >= 0.6 is 11.8 Å². The Hall–Kier alpha value is -2.98. The highest BCUT2D eigenvalue weighted by Gasteiger charge is 2.42. The number of thioether (sulfide) groups is 1. The molecule has 2 aliphatic rings. The van der Waals surface area contributed by atoms with E-state index in [1.54, 1.807) is 13.0 Å². The lowest BCUT2D eigenvalue weighted by atomic mass is 9.81. The summed E-state index contributed by atoms with van der Waals surface area (Å²) in [4.78, 5) is 27.6. The van der Waals surface area contributed by atoms with Crippen molar-refractivity contribution in [1.82, 2.24) is 0 Å². The zero-order valence-corrected chi connectivity index (χ0v) is 27.3. The van der Waals surface area contributed by atoms with Crippen molar-refractivity contribution in [3.05, 3.63) is 48.7 Å². The van der Waals surface area contributed by atoms with Gasteiger partial charge in [-0.1, -0.05) is 39.5 Å². The van der Waals surface area contributed by atoms with Gasteiger partial charge < -0.3 is 19.7 Å². The van der Waals surface area contributed by atoms with E-state index in [9.17, 15) is 18.0 Å². The number of hydrogen-bond donors (Lipinski definition) is 1. The third-order valence-corrected chi connectivity index (χ3v) is 11.3. The monoisotopic (exact) mass is 628 g/mol. The summed E-state index contributed by atoms with van der Waals surface area (Å²) in [7, 11) is -3.70. The van der Waals surface area contributed by atoms with E-state index in [-0.39, 0.29) is 29.1 Å². The van der Waals surface area contributed by atoms with Gasteiger partial charge in [-0.15, -0.1) is 11.8 Å². The number of carbonyl (C=O) groups excluding carboxylic acids is 2. The topological polar surface area (TPSA) is 102 Å². The second-order valence-electron chi connectivity index (χ2n) is 11.5. The molecule has 0 saturated heterocycles. The van der Waals surface area contributed by atoms with Crippen molar-refractivity contribution in [3.8, 4) is 5.75 Å². The molecule has 1 saturated carbocycles. The molecule has 43 heavy (non-hydrogen) atoms. The number of carbonyl (C=O) groups is 2. The molecule has 1 amide bonds. The maximum Gasteiger partial charge on any atom is 0.333 e. The van der Waals surface area contributed by atoms with Crippen LogP contribution in [0.4, 0.5) is 17.1 Å². The highest BCUT2D eigenvalue weighted by Crippen LogP contribution is 2.47. The number of benzene rings is 2. The average Bonchev–Trinajstić information content (AvgIpc) is 3.52. The molecule has 1 heterocycles. The predicted octanol–water partition coefficient (Wildman–Crippen LogP) is 7.50. The summed E-state index contributed by atoms with van der Waals surface area (Å²) >= 11 is 1.44. The van der Waals surface area contributed by atoms with Gasteiger partial charge in [-0.25, -0.2) is 13.2 Å². The van der Waals surface area contributed by atoms with Gasteiger partial charge in [0.1, 0.15) is 5.75 Å². The van der Waals surface area contributed by atoms with Gasteiger partial charge in [0.15, 0.2) is 9.84 Å². The molecule has 1 unspecified atom stereocenters. The molecule has 4 rings (SSSR count). The zero-order valence-electron chi connectivity index (χ0n) is 25.7. The van der Waals surface area contributed by atoms with Crippen molar-refractivity contribution in [1.29, 1.82) is 0 Å². The van der Waals surface area contributed by atoms with E-state index >= 15 is 0 Å². The molecule has 10 heteroatoms. The van der Waals surface area contributed by atoms with Crippen LogP contribution in [0.1, 0.15) is 72.1 Å². The first-order valence-electron chi connectivity index (χ1n) is 15.3. The van der Waals surface area contributed by atoms with E-state index in [1.807, 2.05) is 36.6 Å². The lowest BCUT2D eigenvalue weighted by Crippen LogP contribution is -2.37. The summed E-state index contributed by atoms with van der Waals surface area (Å²) in [5.41, 5.74) is 1.74. The molecular formula is C33H44N2O6S2. The van der Waals surface area contributed by atoms with Crippen LogP contribution in [-0.2, 0) is 24.2 Å². The lowest BCUT2D eigenvalue weighted by Gasteiger charge is -2.36. The average molecular weight is 629 g/mol. The third kappa shape index (κ3) is 7.95. The Morgan fingerprint density at radius 2 is 1.84 bits per heavy atom. The fourth-order valence-electron chi connectivity index (χ4n) is 6.02. The minimum Gasteiger partial charge on any atom is -0.464 e. The molecule has 0 bridgehead atoms. The Labute approximate surface area is 260 Å². The first-order valence-corrected chi connectivity index (χ1v) is 18.2. The highest BCUT2D eigenvalue weighted by molar-refractivity contribution is 7.98. The molecule has 0 spiro atoms. The van der Waals surface area contributed by atoms with E-state index in [4.69, 9.17) is 9.47 Å². The molecule has 1 atom stereocenters. The number of sulfone groups is 1. The summed E-state index contributed by atoms with van der Waals surface area (Å²) in [6, 6.07) is 11.2. The van der Waals surface area contributed by atoms with E-state index in [2.05, 4.69) is 24.1 Å². The first kappa shape index (κ1) is 32.9. The van der Waals surface area contributed by atoms with Crippen molar-refractivity contribution in [3.63, 3.8) is 0 Å². The van der Waals surface area contributed by atoms with Gasteiger partial charge >= 0.3 is 5.97 Å². The predicted molar refractivity (Wildman–Crippen MR) is 173 cm³/mol. The fraction of sp³-hybridized carbons (Fsp3) is 0.515. The third-order valence-electron chi connectivity index (χ3n) is 8.53. The van der Waals surface area contributed by atoms with Gasteiger partial charge in [-0.2, -0.15) is 0 Å².